The molecule has 0 saturated carbocycles. The van der Waals surface area contributed by atoms with E-state index in [-0.39, 0.29) is 1.43 Å². The van der Waals surface area contributed by atoms with Gasteiger partial charge in [0.1, 0.15) is 0 Å². The van der Waals surface area contributed by atoms with Crippen LogP contribution < -0.4 is 5.32 Å². The fraction of sp³-hybridized carbons (Fsp3) is 1.00. The molecule has 0 atom stereocenters. The van der Waals surface area contributed by atoms with Crippen molar-refractivity contribution in [2.45, 2.75) is 20.3 Å². The van der Waals surface area contributed by atoms with Gasteiger partial charge in [-0.15, -0.1) is 0 Å². The highest BCUT2D eigenvalue weighted by Crippen LogP contribution is 1.84. The first-order valence-corrected chi connectivity index (χ1v) is 4.78. The normalized spacial score (nSPS) is 10.5. The first kappa shape index (κ1) is 11.9. The van der Waals surface area contributed by atoms with Crippen LogP contribution in [-0.4, -0.2) is 39.5 Å². The number of nitrogens with one attached hydrogen (secondary N) is 1. The van der Waals surface area contributed by atoms with Crippen molar-refractivity contribution in [3.63, 3.8) is 0 Å². The Hall–Kier alpha value is -0.120. The van der Waals surface area contributed by atoms with Gasteiger partial charge in [0.2, 0.25) is 0 Å². The highest BCUT2D eigenvalue weighted by molar-refractivity contribution is 4.40. The summed E-state index contributed by atoms with van der Waals surface area (Å²) in [6.45, 7) is 9.30. The van der Waals surface area contributed by atoms with Crippen LogP contribution in [0.2, 0.25) is 0 Å². The van der Waals surface area contributed by atoms with Crippen molar-refractivity contribution in [2.24, 2.45) is 0 Å². The molecule has 0 aromatic heterocycles. The summed E-state index contributed by atoms with van der Waals surface area (Å²) in [5, 5.41) is 3.19. The van der Waals surface area contributed by atoms with E-state index in [2.05, 4.69) is 12.2 Å². The molecule has 1 N–H and O–H groups in total. The van der Waals surface area contributed by atoms with Crippen molar-refractivity contribution in [3.05, 3.63) is 0 Å². The first-order chi connectivity index (χ1) is 5.91. The third-order valence-corrected chi connectivity index (χ3v) is 1.45. The zero-order chi connectivity index (χ0) is 9.07. The van der Waals surface area contributed by atoms with Gasteiger partial charge in [0.25, 0.3) is 0 Å². The van der Waals surface area contributed by atoms with Crippen molar-refractivity contribution >= 4 is 0 Å². The zero-order valence-electron chi connectivity index (χ0n) is 8.27. The van der Waals surface area contributed by atoms with Gasteiger partial charge in [-0.3, -0.25) is 0 Å². The number of hydrogen-bond donors (Lipinski definition) is 1. The van der Waals surface area contributed by atoms with Crippen molar-refractivity contribution in [1.82, 2.24) is 5.32 Å². The molecule has 0 aromatic rings. The minimum Gasteiger partial charge on any atom is -0.382 e. The molecule has 0 fully saturated rings. The Morgan fingerprint density at radius 3 is 2.50 bits per heavy atom. The van der Waals surface area contributed by atoms with E-state index >= 15 is 0 Å². The van der Waals surface area contributed by atoms with Crippen molar-refractivity contribution in [2.75, 3.05) is 39.5 Å². The average Bonchev–Trinajstić information content (AvgIpc) is 2.10. The molecule has 0 aliphatic rings. The third kappa shape index (κ3) is 9.88. The van der Waals surface area contributed by atoms with E-state index in [1.54, 1.807) is 0 Å². The maximum atomic E-state index is 5.34. The van der Waals surface area contributed by atoms with Gasteiger partial charge >= 0.3 is 0 Å². The Kier molecular flexibility index (Phi) is 10.8. The molecule has 3 heteroatoms. The van der Waals surface area contributed by atoms with Gasteiger partial charge in [0.05, 0.1) is 6.61 Å². The Bertz CT molecular complexity index is 74.0. The van der Waals surface area contributed by atoms with Crippen LogP contribution in [0.5, 0.6) is 0 Å². The summed E-state index contributed by atoms with van der Waals surface area (Å²) in [6.07, 6.45) is 1.000. The average molecular weight is 177 g/mol. The summed E-state index contributed by atoms with van der Waals surface area (Å²) in [5.74, 6) is 0. The Morgan fingerprint density at radius 2 is 1.83 bits per heavy atom. The minimum absolute atomic E-state index is 0. The highest BCUT2D eigenvalue weighted by Gasteiger charge is 1.88. The molecule has 0 aliphatic heterocycles. The number of likely N-dealkylation sites (N-methyl/N-ethyl adjacent to an activating group) is 1. The van der Waals surface area contributed by atoms with Crippen LogP contribution in [0.1, 0.15) is 21.7 Å². The van der Waals surface area contributed by atoms with Crippen molar-refractivity contribution in [3.8, 4) is 0 Å². The SMILES string of the molecule is CCNCCOCCCOCC.[HH]. The van der Waals surface area contributed by atoms with Crippen LogP contribution in [0.3, 0.4) is 0 Å². The summed E-state index contributed by atoms with van der Waals surface area (Å²) in [4.78, 5) is 0. The molecular formula is C9H23NO2. The summed E-state index contributed by atoms with van der Waals surface area (Å²) in [7, 11) is 0. The van der Waals surface area contributed by atoms with E-state index in [0.29, 0.717) is 0 Å². The number of rotatable bonds is 9. The van der Waals surface area contributed by atoms with Gasteiger partial charge in [-0.25, -0.2) is 0 Å². The van der Waals surface area contributed by atoms with Gasteiger partial charge in [0.15, 0.2) is 0 Å². The fourth-order valence-electron chi connectivity index (χ4n) is 0.831. The second kappa shape index (κ2) is 10.9. The fourth-order valence-corrected chi connectivity index (χ4v) is 0.831. The van der Waals surface area contributed by atoms with Gasteiger partial charge in [-0.05, 0) is 19.9 Å². The van der Waals surface area contributed by atoms with Gasteiger partial charge < -0.3 is 14.8 Å². The molecule has 12 heavy (non-hydrogen) atoms. The Morgan fingerprint density at radius 1 is 1.08 bits per heavy atom. The maximum Gasteiger partial charge on any atom is 0.0590 e. The number of hydrogen-bond acceptors (Lipinski definition) is 3. The standard InChI is InChI=1S/C9H21NO2.H2/c1-3-10-6-9-12-8-5-7-11-4-2;/h10H,3-9H2,1-2H3;1H. The lowest BCUT2D eigenvalue weighted by molar-refractivity contribution is 0.0892. The summed E-state index contributed by atoms with van der Waals surface area (Å²) >= 11 is 0. The van der Waals surface area contributed by atoms with E-state index in [0.717, 1.165) is 45.9 Å². The van der Waals surface area contributed by atoms with Crippen molar-refractivity contribution < 1.29 is 10.9 Å². The molecule has 0 unspecified atom stereocenters. The Balaban J connectivity index is 0. The predicted octanol–water partition coefficient (Wildman–Crippen LogP) is 1.29. The lowest BCUT2D eigenvalue weighted by Crippen LogP contribution is -2.19. The second-order valence-corrected chi connectivity index (χ2v) is 2.52. The molecular weight excluding hydrogens is 154 g/mol. The van der Waals surface area contributed by atoms with Crippen LogP contribution in [0.15, 0.2) is 0 Å². The van der Waals surface area contributed by atoms with E-state index in [4.69, 9.17) is 9.47 Å². The second-order valence-electron chi connectivity index (χ2n) is 2.52. The molecule has 0 saturated heterocycles. The summed E-state index contributed by atoms with van der Waals surface area (Å²) < 4.78 is 10.5. The molecule has 0 spiro atoms. The largest absolute Gasteiger partial charge is 0.382 e. The topological polar surface area (TPSA) is 30.5 Å². The molecule has 0 bridgehead atoms. The van der Waals surface area contributed by atoms with E-state index < -0.39 is 0 Å². The van der Waals surface area contributed by atoms with E-state index in [9.17, 15) is 0 Å². The maximum absolute atomic E-state index is 5.34. The van der Waals surface area contributed by atoms with Crippen LogP contribution in [0, 0.1) is 0 Å². The molecule has 0 rings (SSSR count). The lowest BCUT2D eigenvalue weighted by Gasteiger charge is -2.04. The molecule has 0 aromatic carbocycles. The highest BCUT2D eigenvalue weighted by atomic mass is 16.5. The smallest absolute Gasteiger partial charge is 0.0590 e. The monoisotopic (exact) mass is 177 g/mol. The molecule has 0 amide bonds. The molecule has 0 heterocycles. The zero-order valence-corrected chi connectivity index (χ0v) is 8.27. The van der Waals surface area contributed by atoms with E-state index in [1.165, 1.54) is 0 Å². The third-order valence-electron chi connectivity index (χ3n) is 1.45. The minimum atomic E-state index is 0. The Labute approximate surface area is 76.9 Å². The van der Waals surface area contributed by atoms with E-state index in [1.807, 2.05) is 6.92 Å². The summed E-state index contributed by atoms with van der Waals surface area (Å²) in [6, 6.07) is 0. The van der Waals surface area contributed by atoms with Gasteiger partial charge in [-0.1, -0.05) is 6.92 Å². The molecule has 3 nitrogen and oxygen atoms in total. The molecule has 76 valence electrons. The molecule has 0 radical (unpaired) electrons. The predicted molar refractivity (Wildman–Crippen MR) is 52.6 cm³/mol. The quantitative estimate of drug-likeness (QED) is 0.538. The lowest BCUT2D eigenvalue weighted by atomic mass is 10.5. The number of ether oxygens (including phenoxy) is 2. The first-order valence-electron chi connectivity index (χ1n) is 4.78. The van der Waals surface area contributed by atoms with Gasteiger partial charge in [0, 0.05) is 27.8 Å². The van der Waals surface area contributed by atoms with Gasteiger partial charge in [-0.2, -0.15) is 0 Å². The van der Waals surface area contributed by atoms with Crippen molar-refractivity contribution in [1.29, 1.82) is 0 Å². The van der Waals surface area contributed by atoms with Crippen LogP contribution in [-0.2, 0) is 9.47 Å². The van der Waals surface area contributed by atoms with Crippen LogP contribution in [0.4, 0.5) is 0 Å². The molecule has 0 aliphatic carbocycles. The van der Waals surface area contributed by atoms with Crippen LogP contribution >= 0.6 is 0 Å². The van der Waals surface area contributed by atoms with Crippen LogP contribution in [0.25, 0.3) is 0 Å². The summed E-state index contributed by atoms with van der Waals surface area (Å²) in [5.41, 5.74) is 0.